The Morgan fingerprint density at radius 1 is 1.45 bits per heavy atom. The molecule has 2 aromatic rings. The summed E-state index contributed by atoms with van der Waals surface area (Å²) in [5.74, 6) is 0.472. The lowest BCUT2D eigenvalue weighted by Crippen LogP contribution is -2.25. The van der Waals surface area contributed by atoms with E-state index in [9.17, 15) is 9.18 Å². The van der Waals surface area contributed by atoms with Crippen LogP contribution in [0.1, 0.15) is 24.6 Å². The Hall–Kier alpha value is -2.44. The molecule has 7 heteroatoms. The molecule has 1 aromatic carbocycles. The first-order valence-corrected chi connectivity index (χ1v) is 6.14. The van der Waals surface area contributed by atoms with Crippen LogP contribution < -0.4 is 11.1 Å². The monoisotopic (exact) mass is 277 g/mol. The molecule has 0 saturated carbocycles. The highest BCUT2D eigenvalue weighted by atomic mass is 19.1. The lowest BCUT2D eigenvalue weighted by molar-refractivity contribution is -0.119. The number of benzene rings is 1. The van der Waals surface area contributed by atoms with Crippen molar-refractivity contribution in [3.05, 3.63) is 35.7 Å². The summed E-state index contributed by atoms with van der Waals surface area (Å²) < 4.78 is 14.6. The highest BCUT2D eigenvalue weighted by molar-refractivity contribution is 5.93. The van der Waals surface area contributed by atoms with Gasteiger partial charge in [0.2, 0.25) is 5.91 Å². The van der Waals surface area contributed by atoms with Crippen LogP contribution in [-0.2, 0) is 4.79 Å². The van der Waals surface area contributed by atoms with E-state index in [0.29, 0.717) is 17.3 Å². The van der Waals surface area contributed by atoms with E-state index in [1.807, 2.05) is 0 Å². The number of aromatic nitrogens is 3. The first-order valence-electron chi connectivity index (χ1n) is 6.14. The molecule has 6 nitrogen and oxygen atoms in total. The Bertz CT molecular complexity index is 652. The number of nitrogen functional groups attached to an aromatic ring is 1. The second kappa shape index (κ2) is 5.28. The summed E-state index contributed by atoms with van der Waals surface area (Å²) >= 11 is 0. The molecule has 20 heavy (non-hydrogen) atoms. The third kappa shape index (κ3) is 2.76. The van der Waals surface area contributed by atoms with Crippen molar-refractivity contribution >= 4 is 17.3 Å². The van der Waals surface area contributed by atoms with E-state index in [1.54, 1.807) is 20.8 Å². The number of halogens is 1. The van der Waals surface area contributed by atoms with Gasteiger partial charge in [-0.05, 0) is 39.0 Å². The van der Waals surface area contributed by atoms with Crippen molar-refractivity contribution in [1.82, 2.24) is 14.8 Å². The first-order chi connectivity index (χ1) is 9.38. The maximum absolute atomic E-state index is 13.1. The third-order valence-corrected chi connectivity index (χ3v) is 2.92. The Kier molecular flexibility index (Phi) is 3.69. The minimum Gasteiger partial charge on any atom is -0.396 e. The van der Waals surface area contributed by atoms with Crippen molar-refractivity contribution in [2.24, 2.45) is 0 Å². The molecule has 0 fully saturated rings. The highest BCUT2D eigenvalue weighted by Gasteiger charge is 2.19. The standard InChI is InChI=1S/C13H16FN5O/c1-7(19-9(3)16-8(2)18-19)13(20)17-10-4-5-11(14)12(15)6-10/h4-7H,15H2,1-3H3,(H,17,20). The number of nitrogens with one attached hydrogen (secondary N) is 1. The molecule has 0 aliphatic rings. The van der Waals surface area contributed by atoms with Gasteiger partial charge in [0.25, 0.3) is 0 Å². The lowest BCUT2D eigenvalue weighted by atomic mass is 10.2. The molecule has 0 radical (unpaired) electrons. The van der Waals surface area contributed by atoms with Gasteiger partial charge in [-0.2, -0.15) is 5.10 Å². The van der Waals surface area contributed by atoms with Gasteiger partial charge in [-0.15, -0.1) is 0 Å². The molecule has 106 valence electrons. The lowest BCUT2D eigenvalue weighted by Gasteiger charge is -2.14. The number of amides is 1. The fourth-order valence-corrected chi connectivity index (χ4v) is 1.88. The summed E-state index contributed by atoms with van der Waals surface area (Å²) in [7, 11) is 0. The number of anilines is 2. The molecular formula is C13H16FN5O. The molecular weight excluding hydrogens is 261 g/mol. The van der Waals surface area contributed by atoms with E-state index < -0.39 is 11.9 Å². The van der Waals surface area contributed by atoms with Gasteiger partial charge in [-0.3, -0.25) is 4.79 Å². The van der Waals surface area contributed by atoms with E-state index >= 15 is 0 Å². The van der Waals surface area contributed by atoms with Gasteiger partial charge in [0.15, 0.2) is 0 Å². The smallest absolute Gasteiger partial charge is 0.249 e. The minimum atomic E-state index is -0.525. The van der Waals surface area contributed by atoms with Crippen LogP contribution >= 0.6 is 0 Å². The van der Waals surface area contributed by atoms with E-state index in [0.717, 1.165) is 0 Å². The number of carbonyl (C=O) groups is 1. The topological polar surface area (TPSA) is 85.8 Å². The van der Waals surface area contributed by atoms with Crippen molar-refractivity contribution in [2.45, 2.75) is 26.8 Å². The zero-order valence-electron chi connectivity index (χ0n) is 11.5. The number of rotatable bonds is 3. The molecule has 0 spiro atoms. The van der Waals surface area contributed by atoms with Crippen LogP contribution in [0.5, 0.6) is 0 Å². The van der Waals surface area contributed by atoms with Gasteiger partial charge in [-0.25, -0.2) is 14.1 Å². The molecule has 0 saturated heterocycles. The van der Waals surface area contributed by atoms with Crippen molar-refractivity contribution in [3.63, 3.8) is 0 Å². The minimum absolute atomic E-state index is 0.0109. The quantitative estimate of drug-likeness (QED) is 0.838. The summed E-state index contributed by atoms with van der Waals surface area (Å²) in [4.78, 5) is 16.3. The molecule has 1 aromatic heterocycles. The number of hydrogen-bond acceptors (Lipinski definition) is 4. The predicted octanol–water partition coefficient (Wildman–Crippen LogP) is 1.82. The summed E-state index contributed by atoms with van der Waals surface area (Å²) in [6.07, 6.45) is 0. The average Bonchev–Trinajstić information content (AvgIpc) is 2.72. The van der Waals surface area contributed by atoms with Gasteiger partial charge in [0.1, 0.15) is 23.5 Å². The Morgan fingerprint density at radius 2 is 2.15 bits per heavy atom. The third-order valence-electron chi connectivity index (χ3n) is 2.92. The Balaban J connectivity index is 2.15. The number of aryl methyl sites for hydroxylation is 2. The molecule has 1 atom stereocenters. The van der Waals surface area contributed by atoms with Crippen molar-refractivity contribution in [3.8, 4) is 0 Å². The van der Waals surface area contributed by atoms with Gasteiger partial charge >= 0.3 is 0 Å². The summed E-state index contributed by atoms with van der Waals surface area (Å²) in [5, 5.41) is 6.84. The molecule has 0 aliphatic heterocycles. The molecule has 0 aliphatic carbocycles. The van der Waals surface area contributed by atoms with Crippen LogP contribution in [0.4, 0.5) is 15.8 Å². The molecule has 2 rings (SSSR count). The second-order valence-electron chi connectivity index (χ2n) is 4.55. The SMILES string of the molecule is Cc1nc(C)n(C(C)C(=O)Nc2ccc(F)c(N)c2)n1. The van der Waals surface area contributed by atoms with Crippen LogP contribution in [0, 0.1) is 19.7 Å². The zero-order chi connectivity index (χ0) is 14.9. The summed E-state index contributed by atoms with van der Waals surface area (Å²) in [6.45, 7) is 5.25. The summed E-state index contributed by atoms with van der Waals surface area (Å²) in [5.41, 5.74) is 5.89. The van der Waals surface area contributed by atoms with Crippen LogP contribution in [0.2, 0.25) is 0 Å². The molecule has 1 unspecified atom stereocenters. The molecule has 1 heterocycles. The Morgan fingerprint density at radius 3 is 2.70 bits per heavy atom. The molecule has 1 amide bonds. The fourth-order valence-electron chi connectivity index (χ4n) is 1.88. The van der Waals surface area contributed by atoms with E-state index in [1.165, 1.54) is 22.9 Å². The van der Waals surface area contributed by atoms with Crippen LogP contribution in [0.3, 0.4) is 0 Å². The molecule has 3 N–H and O–H groups in total. The van der Waals surface area contributed by atoms with Gasteiger partial charge in [0.05, 0.1) is 5.69 Å². The van der Waals surface area contributed by atoms with E-state index in [4.69, 9.17) is 5.73 Å². The number of hydrogen-bond donors (Lipinski definition) is 2. The maximum atomic E-state index is 13.1. The average molecular weight is 277 g/mol. The number of carbonyl (C=O) groups excluding carboxylic acids is 1. The largest absolute Gasteiger partial charge is 0.396 e. The number of nitrogens with zero attached hydrogens (tertiary/aromatic N) is 3. The number of nitrogens with two attached hydrogens (primary N) is 1. The zero-order valence-corrected chi connectivity index (χ0v) is 11.5. The molecule has 0 bridgehead atoms. The second-order valence-corrected chi connectivity index (χ2v) is 4.55. The van der Waals surface area contributed by atoms with Crippen LogP contribution in [-0.4, -0.2) is 20.7 Å². The van der Waals surface area contributed by atoms with Gasteiger partial charge in [-0.1, -0.05) is 0 Å². The highest BCUT2D eigenvalue weighted by Crippen LogP contribution is 2.18. The van der Waals surface area contributed by atoms with Crippen LogP contribution in [0.15, 0.2) is 18.2 Å². The fraction of sp³-hybridized carbons (Fsp3) is 0.308. The van der Waals surface area contributed by atoms with Gasteiger partial charge in [0, 0.05) is 5.69 Å². The van der Waals surface area contributed by atoms with Gasteiger partial charge < -0.3 is 11.1 Å². The maximum Gasteiger partial charge on any atom is 0.249 e. The van der Waals surface area contributed by atoms with E-state index in [-0.39, 0.29) is 11.6 Å². The van der Waals surface area contributed by atoms with Crippen molar-refractivity contribution < 1.29 is 9.18 Å². The summed E-state index contributed by atoms with van der Waals surface area (Å²) in [6, 6.07) is 3.51. The van der Waals surface area contributed by atoms with Crippen molar-refractivity contribution in [2.75, 3.05) is 11.1 Å². The van der Waals surface area contributed by atoms with Crippen LogP contribution in [0.25, 0.3) is 0 Å². The normalized spacial score (nSPS) is 12.2. The Labute approximate surface area is 115 Å². The van der Waals surface area contributed by atoms with Crippen molar-refractivity contribution in [1.29, 1.82) is 0 Å². The predicted molar refractivity (Wildman–Crippen MR) is 73.6 cm³/mol. The van der Waals surface area contributed by atoms with E-state index in [2.05, 4.69) is 15.4 Å². The first kappa shape index (κ1) is 14.0.